The number of H-pyrrole nitrogens is 1. The number of nitrogens with one attached hydrogen (secondary N) is 2. The number of anilines is 2. The van der Waals surface area contributed by atoms with Gasteiger partial charge in [-0.1, -0.05) is 36.1 Å². The van der Waals surface area contributed by atoms with Gasteiger partial charge < -0.3 is 0 Å². The molecule has 2 N–H and O–H groups in total. The minimum Gasteiger partial charge on any atom is -0.294 e. The molecule has 0 aliphatic heterocycles. The fourth-order valence-corrected chi connectivity index (χ4v) is 4.53. The highest BCUT2D eigenvalue weighted by Gasteiger charge is 2.09. The molecular formula is C19H19N7OS2. The normalized spacial score (nSPS) is 11.1. The van der Waals surface area contributed by atoms with Crippen LogP contribution < -0.4 is 10.9 Å². The summed E-state index contributed by atoms with van der Waals surface area (Å²) in [6.45, 7) is 5.97. The average molecular weight is 426 g/mol. The number of aryl methyl sites for hydroxylation is 3. The number of hydrogen-bond donors (Lipinski definition) is 2. The smallest absolute Gasteiger partial charge is 0.252 e. The number of fused-ring (bicyclic) bond motifs is 1. The lowest BCUT2D eigenvalue weighted by Gasteiger charge is -2.09. The summed E-state index contributed by atoms with van der Waals surface area (Å²) in [6.07, 6.45) is 0.960. The molecule has 0 radical (unpaired) electrons. The maximum absolute atomic E-state index is 12.1. The van der Waals surface area contributed by atoms with E-state index in [0.29, 0.717) is 23.3 Å². The summed E-state index contributed by atoms with van der Waals surface area (Å²) in [7, 11) is 0. The van der Waals surface area contributed by atoms with Gasteiger partial charge in [0.1, 0.15) is 5.01 Å². The predicted molar refractivity (Wildman–Crippen MR) is 116 cm³/mol. The Labute approximate surface area is 175 Å². The Kier molecular flexibility index (Phi) is 5.54. The van der Waals surface area contributed by atoms with Gasteiger partial charge in [-0.15, -0.1) is 10.2 Å². The maximum Gasteiger partial charge on any atom is 0.252 e. The molecule has 0 amide bonds. The molecule has 0 fully saturated rings. The second-order valence-electron chi connectivity index (χ2n) is 6.42. The van der Waals surface area contributed by atoms with Crippen molar-refractivity contribution in [2.24, 2.45) is 0 Å². The summed E-state index contributed by atoms with van der Waals surface area (Å²) < 4.78 is 0.846. The molecule has 10 heteroatoms. The molecule has 0 bridgehead atoms. The van der Waals surface area contributed by atoms with Crippen LogP contribution in [0.15, 0.2) is 33.4 Å². The van der Waals surface area contributed by atoms with Crippen LogP contribution in [0, 0.1) is 13.8 Å². The van der Waals surface area contributed by atoms with Crippen molar-refractivity contribution in [3.8, 4) is 0 Å². The third kappa shape index (κ3) is 4.60. The van der Waals surface area contributed by atoms with Crippen LogP contribution in [0.3, 0.4) is 0 Å². The van der Waals surface area contributed by atoms with Gasteiger partial charge in [0.05, 0.1) is 16.9 Å². The predicted octanol–water partition coefficient (Wildman–Crippen LogP) is 3.78. The second kappa shape index (κ2) is 8.26. The van der Waals surface area contributed by atoms with Crippen molar-refractivity contribution in [2.75, 3.05) is 5.32 Å². The Morgan fingerprint density at radius 3 is 2.76 bits per heavy atom. The first-order chi connectivity index (χ1) is 14.0. The van der Waals surface area contributed by atoms with E-state index in [-0.39, 0.29) is 5.56 Å². The van der Waals surface area contributed by atoms with Gasteiger partial charge in [-0.3, -0.25) is 15.1 Å². The number of nitrogens with zero attached hydrogens (tertiary/aromatic N) is 5. The van der Waals surface area contributed by atoms with Crippen LogP contribution in [0.5, 0.6) is 0 Å². The van der Waals surface area contributed by atoms with Crippen molar-refractivity contribution in [1.29, 1.82) is 0 Å². The van der Waals surface area contributed by atoms with Crippen LogP contribution in [0.25, 0.3) is 10.9 Å². The molecule has 3 aromatic heterocycles. The first-order valence-corrected chi connectivity index (χ1v) is 10.9. The van der Waals surface area contributed by atoms with Crippen LogP contribution >= 0.6 is 23.1 Å². The van der Waals surface area contributed by atoms with Crippen molar-refractivity contribution in [3.05, 3.63) is 56.6 Å². The number of thioether (sulfide) groups is 1. The lowest BCUT2D eigenvalue weighted by atomic mass is 10.1. The van der Waals surface area contributed by atoms with E-state index in [9.17, 15) is 4.79 Å². The zero-order valence-corrected chi connectivity index (χ0v) is 17.8. The molecule has 1 aromatic carbocycles. The number of rotatable bonds is 6. The third-order valence-electron chi connectivity index (χ3n) is 4.23. The lowest BCUT2D eigenvalue weighted by Crippen LogP contribution is -2.13. The molecule has 4 aromatic rings. The summed E-state index contributed by atoms with van der Waals surface area (Å²) in [5, 5.41) is 13.0. The van der Waals surface area contributed by atoms with Gasteiger partial charge >= 0.3 is 0 Å². The van der Waals surface area contributed by atoms with E-state index >= 15 is 0 Å². The summed E-state index contributed by atoms with van der Waals surface area (Å²) in [6, 6.07) is 7.64. The molecule has 3 heterocycles. The lowest BCUT2D eigenvalue weighted by molar-refractivity contribution is 0.981. The molecule has 0 spiro atoms. The molecule has 0 saturated carbocycles. The first kappa shape index (κ1) is 19.5. The Hall–Kier alpha value is -2.85. The maximum atomic E-state index is 12.1. The Morgan fingerprint density at radius 1 is 1.14 bits per heavy atom. The van der Waals surface area contributed by atoms with Crippen molar-refractivity contribution in [3.63, 3.8) is 0 Å². The van der Waals surface area contributed by atoms with E-state index in [0.717, 1.165) is 32.4 Å². The van der Waals surface area contributed by atoms with Crippen LogP contribution in [0.1, 0.15) is 28.9 Å². The van der Waals surface area contributed by atoms with Crippen molar-refractivity contribution >= 4 is 45.9 Å². The van der Waals surface area contributed by atoms with E-state index in [4.69, 9.17) is 0 Å². The molecular weight excluding hydrogens is 406 g/mol. The van der Waals surface area contributed by atoms with E-state index in [1.165, 1.54) is 34.7 Å². The first-order valence-electron chi connectivity index (χ1n) is 9.07. The third-order valence-corrected chi connectivity index (χ3v) is 6.24. The highest BCUT2D eigenvalue weighted by molar-refractivity contribution is 8.00. The van der Waals surface area contributed by atoms with E-state index in [1.54, 1.807) is 0 Å². The molecule has 29 heavy (non-hydrogen) atoms. The minimum absolute atomic E-state index is 0.239. The van der Waals surface area contributed by atoms with Gasteiger partial charge in [0, 0.05) is 17.2 Å². The van der Waals surface area contributed by atoms with Crippen LogP contribution in [-0.2, 0) is 12.2 Å². The van der Waals surface area contributed by atoms with E-state index in [1.807, 2.05) is 19.9 Å². The zero-order valence-electron chi connectivity index (χ0n) is 16.2. The van der Waals surface area contributed by atoms with Gasteiger partial charge in [-0.25, -0.2) is 15.0 Å². The zero-order chi connectivity index (χ0) is 20.4. The highest BCUT2D eigenvalue weighted by atomic mass is 32.2. The monoisotopic (exact) mass is 425 g/mol. The van der Waals surface area contributed by atoms with Gasteiger partial charge in [-0.2, -0.15) is 0 Å². The number of hydrogen-bond acceptors (Lipinski definition) is 9. The molecule has 4 rings (SSSR count). The van der Waals surface area contributed by atoms with Crippen LogP contribution in [-0.4, -0.2) is 30.1 Å². The molecule has 0 aliphatic carbocycles. The number of aromatic amines is 1. The largest absolute Gasteiger partial charge is 0.294 e. The van der Waals surface area contributed by atoms with Gasteiger partial charge in [0.15, 0.2) is 4.34 Å². The Balaban J connectivity index is 1.57. The minimum atomic E-state index is -0.239. The fourth-order valence-electron chi connectivity index (χ4n) is 2.82. The topological polar surface area (TPSA) is 109 Å². The highest BCUT2D eigenvalue weighted by Crippen LogP contribution is 2.25. The summed E-state index contributed by atoms with van der Waals surface area (Å²) in [5.74, 6) is 1.22. The average Bonchev–Trinajstić information content (AvgIpc) is 3.11. The van der Waals surface area contributed by atoms with Crippen molar-refractivity contribution in [2.45, 2.75) is 37.3 Å². The molecule has 0 aliphatic rings. The van der Waals surface area contributed by atoms with Crippen LogP contribution in [0.4, 0.5) is 11.9 Å². The Bertz CT molecular complexity index is 1230. The quantitative estimate of drug-likeness (QED) is 0.449. The van der Waals surface area contributed by atoms with Crippen molar-refractivity contribution in [1.82, 2.24) is 30.1 Å². The molecule has 0 atom stereocenters. The Morgan fingerprint density at radius 2 is 2.00 bits per heavy atom. The summed E-state index contributed by atoms with van der Waals surface area (Å²) >= 11 is 3.01. The van der Waals surface area contributed by atoms with Gasteiger partial charge in [0.25, 0.3) is 5.56 Å². The second-order valence-corrected chi connectivity index (χ2v) is 8.83. The summed E-state index contributed by atoms with van der Waals surface area (Å²) in [5.41, 5.74) is 3.36. The molecule has 148 valence electrons. The van der Waals surface area contributed by atoms with Crippen molar-refractivity contribution < 1.29 is 0 Å². The van der Waals surface area contributed by atoms with E-state index < -0.39 is 0 Å². The number of benzene rings is 1. The van der Waals surface area contributed by atoms with E-state index in [2.05, 4.69) is 54.5 Å². The fraction of sp³-hybridized carbons (Fsp3) is 0.263. The molecule has 0 unspecified atom stereocenters. The van der Waals surface area contributed by atoms with Gasteiger partial charge in [-0.05, 0) is 38.0 Å². The van der Waals surface area contributed by atoms with Gasteiger partial charge in [0.2, 0.25) is 11.9 Å². The summed E-state index contributed by atoms with van der Waals surface area (Å²) in [4.78, 5) is 28.3. The number of aromatic nitrogens is 6. The molecule has 0 saturated heterocycles. The standard InChI is InChI=1S/C19H19N7OS2/c1-4-12-5-6-15-14(7-12)10(2)20-17(22-15)24-18-21-13(8-16(27)23-18)9-28-19-26-25-11(3)29-19/h5-8H,4,9H2,1-3H3,(H2,20,21,22,23,24,27). The van der Waals surface area contributed by atoms with Crippen LogP contribution in [0.2, 0.25) is 0 Å². The SMILES string of the molecule is CCc1ccc2nc(Nc3nc(CSc4nnc(C)s4)cc(=O)[nH]3)nc(C)c2c1. The molecule has 8 nitrogen and oxygen atoms in total.